The van der Waals surface area contributed by atoms with Crippen molar-refractivity contribution in [1.82, 2.24) is 10.6 Å². The maximum absolute atomic E-state index is 12.6. The van der Waals surface area contributed by atoms with Crippen LogP contribution in [0, 0.1) is 5.92 Å². The first-order valence-corrected chi connectivity index (χ1v) is 10.5. The van der Waals surface area contributed by atoms with Crippen molar-refractivity contribution in [3.63, 3.8) is 0 Å². The highest BCUT2D eigenvalue weighted by molar-refractivity contribution is 6.30. The maximum Gasteiger partial charge on any atom is 0.315 e. The Kier molecular flexibility index (Phi) is 10.8. The number of aliphatic imine (C=N–C) groups is 1. The van der Waals surface area contributed by atoms with Gasteiger partial charge in [-0.1, -0.05) is 50.4 Å². The molecule has 29 heavy (non-hydrogen) atoms. The van der Waals surface area contributed by atoms with E-state index in [-0.39, 0.29) is 24.5 Å². The summed E-state index contributed by atoms with van der Waals surface area (Å²) < 4.78 is 0. The molecule has 2 amide bonds. The molecule has 0 radical (unpaired) electrons. The number of hydrogen-bond donors (Lipinski definition) is 4. The van der Waals surface area contributed by atoms with Crippen molar-refractivity contribution < 1.29 is 9.90 Å². The number of carbonyl (C=O) groups is 1. The Bertz CT molecular complexity index is 729. The van der Waals surface area contributed by atoms with Crippen LogP contribution in [0.15, 0.2) is 40.5 Å². The van der Waals surface area contributed by atoms with Crippen LogP contribution in [0.2, 0.25) is 5.02 Å². The van der Waals surface area contributed by atoms with Gasteiger partial charge in [0, 0.05) is 35.6 Å². The lowest BCUT2D eigenvalue weighted by molar-refractivity contribution is 0.199. The number of amides is 2. The van der Waals surface area contributed by atoms with Crippen molar-refractivity contribution in [2.45, 2.75) is 59.1 Å². The van der Waals surface area contributed by atoms with E-state index in [2.05, 4.69) is 29.5 Å². The molecule has 5 N–H and O–H groups in total. The van der Waals surface area contributed by atoms with E-state index in [1.54, 1.807) is 20.9 Å². The maximum atomic E-state index is 12.6. The molecule has 7 heteroatoms. The van der Waals surface area contributed by atoms with Crippen molar-refractivity contribution in [3.8, 4) is 0 Å². The van der Waals surface area contributed by atoms with Crippen LogP contribution in [0.3, 0.4) is 0 Å². The Labute approximate surface area is 179 Å². The van der Waals surface area contributed by atoms with Crippen LogP contribution in [-0.2, 0) is 0 Å². The second-order valence-electron chi connectivity index (χ2n) is 7.27. The van der Waals surface area contributed by atoms with Gasteiger partial charge in [0.1, 0.15) is 0 Å². The molecule has 3 unspecified atom stereocenters. The third-order valence-corrected chi connectivity index (χ3v) is 5.32. The summed E-state index contributed by atoms with van der Waals surface area (Å²) >= 11 is 6.17. The van der Waals surface area contributed by atoms with E-state index in [4.69, 9.17) is 17.3 Å². The van der Waals surface area contributed by atoms with Gasteiger partial charge < -0.3 is 21.5 Å². The highest BCUT2D eigenvalue weighted by Gasteiger charge is 2.24. The van der Waals surface area contributed by atoms with E-state index in [0.29, 0.717) is 22.0 Å². The van der Waals surface area contributed by atoms with Gasteiger partial charge in [0.25, 0.3) is 0 Å². The minimum Gasteiger partial charge on any atom is -0.402 e. The number of halogens is 1. The monoisotopic (exact) mass is 422 g/mol. The number of rotatable bonds is 10. The van der Waals surface area contributed by atoms with E-state index in [0.717, 1.165) is 24.8 Å². The lowest BCUT2D eigenvalue weighted by atomic mass is 9.87. The number of benzene rings is 1. The summed E-state index contributed by atoms with van der Waals surface area (Å²) in [6, 6.07) is 7.06. The zero-order valence-electron chi connectivity index (χ0n) is 18.1. The SMILES string of the molecule is CCCC(CC)C(NC(=O)NCC(O)/C(C(C)=NC)=C(\C)N)c1cccc(Cl)c1. The van der Waals surface area contributed by atoms with Crippen molar-refractivity contribution in [1.29, 1.82) is 0 Å². The molecule has 1 rings (SSSR count). The zero-order valence-corrected chi connectivity index (χ0v) is 18.9. The fourth-order valence-electron chi connectivity index (χ4n) is 3.54. The number of carbonyl (C=O) groups excluding carboxylic acids is 1. The lowest BCUT2D eigenvalue weighted by Gasteiger charge is -2.28. The molecule has 0 aromatic heterocycles. The number of aliphatic hydroxyl groups excluding tert-OH is 1. The van der Waals surface area contributed by atoms with Crippen molar-refractivity contribution in [3.05, 3.63) is 46.1 Å². The Hall–Kier alpha value is -2.05. The Morgan fingerprint density at radius 3 is 2.52 bits per heavy atom. The van der Waals surface area contributed by atoms with Crippen LogP contribution < -0.4 is 16.4 Å². The Morgan fingerprint density at radius 2 is 2.00 bits per heavy atom. The fourth-order valence-corrected chi connectivity index (χ4v) is 3.74. The molecule has 0 saturated heterocycles. The summed E-state index contributed by atoms with van der Waals surface area (Å²) in [5.74, 6) is 0.283. The predicted molar refractivity (Wildman–Crippen MR) is 121 cm³/mol. The van der Waals surface area contributed by atoms with E-state index in [1.165, 1.54) is 0 Å². The van der Waals surface area contributed by atoms with Crippen molar-refractivity contribution in [2.24, 2.45) is 16.6 Å². The standard InChI is InChI=1S/C22H35ClN4O2/c1-6-9-16(7-2)21(17-10-8-11-18(23)12-17)27-22(29)26-13-19(28)20(14(3)24)15(4)25-5/h8,10-12,16,19,21,28H,6-7,9,13,24H2,1-5H3,(H2,26,27,29)/b20-14+,25-15?. The fraction of sp³-hybridized carbons (Fsp3) is 0.545. The number of urea groups is 1. The predicted octanol–water partition coefficient (Wildman–Crippen LogP) is 4.19. The van der Waals surface area contributed by atoms with E-state index in [9.17, 15) is 9.90 Å². The number of nitrogens with zero attached hydrogens (tertiary/aromatic N) is 1. The van der Waals surface area contributed by atoms with Crippen LogP contribution in [0.4, 0.5) is 4.79 Å². The second kappa shape index (κ2) is 12.5. The Balaban J connectivity index is 2.91. The van der Waals surface area contributed by atoms with Gasteiger partial charge in [-0.15, -0.1) is 0 Å². The number of aliphatic hydroxyl groups is 1. The first kappa shape index (κ1) is 25.0. The molecule has 3 atom stereocenters. The minimum absolute atomic E-state index is 0.0371. The number of nitrogens with one attached hydrogen (secondary N) is 2. The first-order valence-electron chi connectivity index (χ1n) is 10.1. The molecule has 0 bridgehead atoms. The molecule has 0 heterocycles. The van der Waals surface area contributed by atoms with Gasteiger partial charge in [-0.3, -0.25) is 4.99 Å². The summed E-state index contributed by atoms with van der Waals surface area (Å²) in [5.41, 5.74) is 8.52. The zero-order chi connectivity index (χ0) is 22.0. The normalized spacial score (nSPS) is 15.9. The number of allylic oxidation sites excluding steroid dienone is 1. The summed E-state index contributed by atoms with van der Waals surface area (Å²) in [5, 5.41) is 16.9. The molecule has 6 nitrogen and oxygen atoms in total. The highest BCUT2D eigenvalue weighted by Crippen LogP contribution is 2.30. The molecule has 0 aliphatic heterocycles. The number of hydrogen-bond acceptors (Lipinski definition) is 4. The van der Waals surface area contributed by atoms with Gasteiger partial charge in [0.05, 0.1) is 12.1 Å². The van der Waals surface area contributed by atoms with Gasteiger partial charge in [-0.25, -0.2) is 4.79 Å². The topological polar surface area (TPSA) is 99.7 Å². The van der Waals surface area contributed by atoms with Crippen LogP contribution in [0.25, 0.3) is 0 Å². The van der Waals surface area contributed by atoms with Gasteiger partial charge >= 0.3 is 6.03 Å². The highest BCUT2D eigenvalue weighted by atomic mass is 35.5. The molecule has 0 saturated carbocycles. The van der Waals surface area contributed by atoms with E-state index >= 15 is 0 Å². The molecule has 0 aliphatic rings. The molecule has 162 valence electrons. The summed E-state index contributed by atoms with van der Waals surface area (Å²) in [6.07, 6.45) is 2.01. The van der Waals surface area contributed by atoms with Gasteiger partial charge in [0.2, 0.25) is 0 Å². The van der Waals surface area contributed by atoms with Crippen LogP contribution >= 0.6 is 11.6 Å². The quantitative estimate of drug-likeness (QED) is 0.425. The third-order valence-electron chi connectivity index (χ3n) is 5.09. The summed E-state index contributed by atoms with van der Waals surface area (Å²) in [6.45, 7) is 7.78. The summed E-state index contributed by atoms with van der Waals surface area (Å²) in [4.78, 5) is 16.7. The third kappa shape index (κ3) is 7.71. The molecular formula is C22H35ClN4O2. The van der Waals surface area contributed by atoms with E-state index < -0.39 is 6.10 Å². The Morgan fingerprint density at radius 1 is 1.31 bits per heavy atom. The average Bonchev–Trinajstić information content (AvgIpc) is 2.68. The molecule has 1 aromatic carbocycles. The minimum atomic E-state index is -0.934. The molecule has 1 aromatic rings. The summed E-state index contributed by atoms with van der Waals surface area (Å²) in [7, 11) is 1.64. The number of nitrogens with two attached hydrogens (primary N) is 1. The van der Waals surface area contributed by atoms with Crippen LogP contribution in [-0.4, -0.2) is 36.5 Å². The molecule has 0 fully saturated rings. The van der Waals surface area contributed by atoms with Crippen LogP contribution in [0.1, 0.15) is 58.6 Å². The largest absolute Gasteiger partial charge is 0.402 e. The average molecular weight is 423 g/mol. The molecule has 0 spiro atoms. The second-order valence-corrected chi connectivity index (χ2v) is 7.70. The smallest absolute Gasteiger partial charge is 0.315 e. The van der Waals surface area contributed by atoms with Crippen molar-refractivity contribution >= 4 is 23.3 Å². The van der Waals surface area contributed by atoms with Gasteiger partial charge in [0.15, 0.2) is 0 Å². The van der Waals surface area contributed by atoms with Crippen LogP contribution in [0.5, 0.6) is 0 Å². The first-order chi connectivity index (χ1) is 13.7. The molecular weight excluding hydrogens is 388 g/mol. The van der Waals surface area contributed by atoms with E-state index in [1.807, 2.05) is 24.3 Å². The van der Waals surface area contributed by atoms with Crippen molar-refractivity contribution in [2.75, 3.05) is 13.6 Å². The molecule has 0 aliphatic carbocycles. The van der Waals surface area contributed by atoms with Gasteiger partial charge in [-0.2, -0.15) is 0 Å². The van der Waals surface area contributed by atoms with Gasteiger partial charge in [-0.05, 0) is 43.9 Å². The lowest BCUT2D eigenvalue weighted by Crippen LogP contribution is -2.44.